The van der Waals surface area contributed by atoms with Crippen molar-refractivity contribution in [1.29, 1.82) is 0 Å². The summed E-state index contributed by atoms with van der Waals surface area (Å²) in [5.41, 5.74) is 0. The largest absolute Gasteiger partial charge is 0.458 e. The molecule has 0 saturated carbocycles. The van der Waals surface area contributed by atoms with E-state index in [1.165, 1.54) is 109 Å². The Kier molecular flexibility index (Phi) is 33.2. The number of unbranched alkanes of at least 4 members (excludes halogenated alkanes) is 19. The average Bonchev–Trinajstić information content (AvgIpc) is 3.18. The van der Waals surface area contributed by atoms with E-state index in [0.29, 0.717) is 6.42 Å². The lowest BCUT2D eigenvalue weighted by molar-refractivity contribution is -0.305. The van der Waals surface area contributed by atoms with Crippen LogP contribution in [-0.2, 0) is 28.5 Å². The van der Waals surface area contributed by atoms with Gasteiger partial charge in [0.15, 0.2) is 12.4 Å². The third kappa shape index (κ3) is 27.8. The average molecular weight is 779 g/mol. The summed E-state index contributed by atoms with van der Waals surface area (Å²) in [6.07, 6.45) is 34.6. The first-order valence-corrected chi connectivity index (χ1v) is 21.7. The summed E-state index contributed by atoms with van der Waals surface area (Å²) in [5.74, 6) is -1.10. The summed E-state index contributed by atoms with van der Waals surface area (Å²) in [4.78, 5) is 25.1. The van der Waals surface area contributed by atoms with Crippen LogP contribution in [0.4, 0.5) is 0 Å². The van der Waals surface area contributed by atoms with Gasteiger partial charge in [0.05, 0.1) is 13.2 Å². The second kappa shape index (κ2) is 36.0. The van der Waals surface area contributed by atoms with Crippen molar-refractivity contribution in [3.05, 3.63) is 48.6 Å². The lowest BCUT2D eigenvalue weighted by Gasteiger charge is -2.39. The van der Waals surface area contributed by atoms with Crippen molar-refractivity contribution < 1.29 is 49.0 Å². The van der Waals surface area contributed by atoms with Gasteiger partial charge in [0.1, 0.15) is 31.0 Å². The van der Waals surface area contributed by atoms with Gasteiger partial charge in [-0.3, -0.25) is 4.79 Å². The first-order valence-electron chi connectivity index (χ1n) is 21.7. The molecule has 0 aliphatic carbocycles. The Bertz CT molecular complexity index is 1040. The van der Waals surface area contributed by atoms with Crippen LogP contribution in [0.2, 0.25) is 0 Å². The Morgan fingerprint density at radius 2 is 1.15 bits per heavy atom. The summed E-state index contributed by atoms with van der Waals surface area (Å²) in [6, 6.07) is 0. The topological polar surface area (TPSA) is 152 Å². The molecule has 0 bridgehead atoms. The number of hydrogen-bond donors (Lipinski definition) is 4. The van der Waals surface area contributed by atoms with Gasteiger partial charge < -0.3 is 39.4 Å². The summed E-state index contributed by atoms with van der Waals surface area (Å²) in [6.45, 7) is 3.25. The number of rotatable bonds is 35. The predicted molar refractivity (Wildman–Crippen MR) is 219 cm³/mol. The zero-order valence-corrected chi connectivity index (χ0v) is 34.4. The summed E-state index contributed by atoms with van der Waals surface area (Å²) < 4.78 is 21.9. The molecule has 0 aromatic carbocycles. The Morgan fingerprint density at radius 1 is 0.618 bits per heavy atom. The van der Waals surface area contributed by atoms with Crippen LogP contribution in [0.3, 0.4) is 0 Å². The summed E-state index contributed by atoms with van der Waals surface area (Å²) in [7, 11) is 0. The lowest BCUT2D eigenvalue weighted by atomic mass is 9.99. The fourth-order valence-corrected chi connectivity index (χ4v) is 6.31. The van der Waals surface area contributed by atoms with Gasteiger partial charge in [-0.05, 0) is 51.4 Å². The van der Waals surface area contributed by atoms with Crippen molar-refractivity contribution >= 4 is 11.9 Å². The molecular weight excluding hydrogens is 700 g/mol. The van der Waals surface area contributed by atoms with Crippen LogP contribution in [-0.4, -0.2) is 89.0 Å². The van der Waals surface area contributed by atoms with Gasteiger partial charge in [-0.1, -0.05) is 153 Å². The van der Waals surface area contributed by atoms with Crippen LogP contribution in [0.5, 0.6) is 0 Å². The highest BCUT2D eigenvalue weighted by atomic mass is 16.7. The van der Waals surface area contributed by atoms with Gasteiger partial charge in [-0.25, -0.2) is 4.79 Å². The van der Waals surface area contributed by atoms with Gasteiger partial charge in [0, 0.05) is 12.5 Å². The van der Waals surface area contributed by atoms with E-state index < -0.39 is 55.4 Å². The minimum Gasteiger partial charge on any atom is -0.458 e. The first kappa shape index (κ1) is 50.7. The molecule has 0 amide bonds. The van der Waals surface area contributed by atoms with Gasteiger partial charge in [0.2, 0.25) is 0 Å². The fraction of sp³-hybridized carbons (Fsp3) is 0.778. The molecule has 0 aromatic heterocycles. The molecule has 1 heterocycles. The Morgan fingerprint density at radius 3 is 1.71 bits per heavy atom. The highest BCUT2D eigenvalue weighted by Crippen LogP contribution is 2.22. The molecular formula is C45H78O10. The quantitative estimate of drug-likeness (QED) is 0.0161. The molecule has 0 aromatic rings. The van der Waals surface area contributed by atoms with Gasteiger partial charge >= 0.3 is 11.9 Å². The maximum Gasteiger partial charge on any atom is 0.330 e. The molecule has 2 unspecified atom stereocenters. The zero-order chi connectivity index (χ0) is 40.2. The number of esters is 2. The number of aliphatic hydroxyl groups excluding tert-OH is 4. The van der Waals surface area contributed by atoms with E-state index in [1.54, 1.807) is 6.08 Å². The smallest absolute Gasteiger partial charge is 0.330 e. The Labute approximate surface area is 333 Å². The van der Waals surface area contributed by atoms with Crippen LogP contribution in [0.1, 0.15) is 168 Å². The fourth-order valence-electron chi connectivity index (χ4n) is 6.31. The van der Waals surface area contributed by atoms with E-state index in [2.05, 4.69) is 38.2 Å². The van der Waals surface area contributed by atoms with Gasteiger partial charge in [-0.2, -0.15) is 0 Å². The highest BCUT2D eigenvalue weighted by Gasteiger charge is 2.44. The van der Waals surface area contributed by atoms with Crippen molar-refractivity contribution in [2.75, 3.05) is 19.8 Å². The third-order valence-corrected chi connectivity index (χ3v) is 9.79. The zero-order valence-electron chi connectivity index (χ0n) is 34.4. The Balaban J connectivity index is 2.43. The van der Waals surface area contributed by atoms with Crippen molar-refractivity contribution in [2.45, 2.75) is 205 Å². The molecule has 1 aliphatic heterocycles. The minimum atomic E-state index is -1.61. The van der Waals surface area contributed by atoms with Gasteiger partial charge in [0.25, 0.3) is 0 Å². The summed E-state index contributed by atoms with van der Waals surface area (Å²) >= 11 is 0. The number of aliphatic hydroxyl groups is 4. The Hall–Kier alpha value is -2.34. The molecule has 1 saturated heterocycles. The monoisotopic (exact) mass is 779 g/mol. The molecule has 10 nitrogen and oxygen atoms in total. The number of hydrogen-bond acceptors (Lipinski definition) is 10. The standard InChI is InChI=1S/C45H78O10/c1-3-5-7-9-11-13-15-17-19-21-23-25-27-29-31-33-40(47)52-36-38(37-53-45-44(51)43(50)42(49)39(35-46)55-45)54-41(48)34-32-30-28-26-24-22-20-18-16-14-12-10-8-6-4-2/h18,20,24,26-27,29,31,33,38-39,42-46,49-51H,3-17,19,21-23,25,28,30,32,34-37H2,1-2H3/b20-18+,26-24+,29-27+,33-31+/t38-,39-,42+,43?,44?,45-/m0/s1. The van der Waals surface area contributed by atoms with E-state index in [4.69, 9.17) is 18.9 Å². The molecule has 318 valence electrons. The minimum absolute atomic E-state index is 0.167. The molecule has 1 rings (SSSR count). The van der Waals surface area contributed by atoms with E-state index in [1.807, 2.05) is 12.2 Å². The van der Waals surface area contributed by atoms with Gasteiger partial charge in [-0.15, -0.1) is 0 Å². The predicted octanol–water partition coefficient (Wildman–Crippen LogP) is 8.88. The van der Waals surface area contributed by atoms with Crippen LogP contribution >= 0.6 is 0 Å². The van der Waals surface area contributed by atoms with Crippen LogP contribution in [0.25, 0.3) is 0 Å². The third-order valence-electron chi connectivity index (χ3n) is 9.79. The first-order chi connectivity index (χ1) is 26.8. The maximum atomic E-state index is 12.7. The number of ether oxygens (including phenoxy) is 4. The molecule has 0 radical (unpaired) electrons. The number of allylic oxidation sites excluding steroid dienone is 7. The van der Waals surface area contributed by atoms with E-state index in [0.717, 1.165) is 38.5 Å². The van der Waals surface area contributed by atoms with Crippen LogP contribution < -0.4 is 0 Å². The van der Waals surface area contributed by atoms with Crippen LogP contribution in [0.15, 0.2) is 48.6 Å². The molecule has 55 heavy (non-hydrogen) atoms. The van der Waals surface area contributed by atoms with Crippen molar-refractivity contribution in [3.63, 3.8) is 0 Å². The van der Waals surface area contributed by atoms with E-state index in [9.17, 15) is 30.0 Å². The molecule has 1 aliphatic rings. The maximum absolute atomic E-state index is 12.7. The summed E-state index contributed by atoms with van der Waals surface area (Å²) in [5, 5.41) is 40.0. The van der Waals surface area contributed by atoms with E-state index in [-0.39, 0.29) is 19.6 Å². The second-order valence-electron chi connectivity index (χ2n) is 14.9. The van der Waals surface area contributed by atoms with Crippen molar-refractivity contribution in [3.8, 4) is 0 Å². The number of carbonyl (C=O) groups is 2. The molecule has 0 spiro atoms. The normalized spacial score (nSPS) is 21.0. The molecule has 4 N–H and O–H groups in total. The lowest BCUT2D eigenvalue weighted by Crippen LogP contribution is -2.59. The SMILES string of the molecule is CCCCCCCC/C=C/C/C=C/CCCCC(=O)O[C@@H](COC(=O)/C=C/C=C/CCCCCCCCCCCCC)CO[C@H]1O[C@@H](CO)[C@@H](O)C(O)C1O. The van der Waals surface area contributed by atoms with Crippen LogP contribution in [0, 0.1) is 0 Å². The van der Waals surface area contributed by atoms with Crippen molar-refractivity contribution in [2.24, 2.45) is 0 Å². The highest BCUT2D eigenvalue weighted by molar-refractivity contribution is 5.82. The molecule has 10 heteroatoms. The van der Waals surface area contributed by atoms with E-state index >= 15 is 0 Å². The number of carbonyl (C=O) groups excluding carboxylic acids is 2. The second-order valence-corrected chi connectivity index (χ2v) is 14.9. The molecule has 1 fully saturated rings. The van der Waals surface area contributed by atoms with Crippen molar-refractivity contribution in [1.82, 2.24) is 0 Å². The molecule has 6 atom stereocenters.